The smallest absolute Gasteiger partial charge is 0.355 e. The Morgan fingerprint density at radius 2 is 2.02 bits per heavy atom. The average Bonchev–Trinajstić information content (AvgIpc) is 3.45. The van der Waals surface area contributed by atoms with E-state index in [2.05, 4.69) is 16.8 Å². The van der Waals surface area contributed by atoms with E-state index in [0.717, 1.165) is 35.2 Å². The number of nitrogens with two attached hydrogens (primary N) is 1. The van der Waals surface area contributed by atoms with Crippen LogP contribution in [-0.4, -0.2) is 47.5 Å². The topological polar surface area (TPSA) is 137 Å². The van der Waals surface area contributed by atoms with E-state index < -0.39 is 26.7 Å². The van der Waals surface area contributed by atoms with Crippen LogP contribution in [0.2, 0.25) is 0 Å². The minimum Gasteiger partial charge on any atom is -0.476 e. The third-order valence-electron chi connectivity index (χ3n) is 7.04. The second-order valence-electron chi connectivity index (χ2n) is 10.2. The van der Waals surface area contributed by atoms with Gasteiger partial charge in [0, 0.05) is 28.5 Å². The van der Waals surface area contributed by atoms with Crippen LogP contribution in [0.1, 0.15) is 45.7 Å². The van der Waals surface area contributed by atoms with E-state index >= 15 is 0 Å². The number of hydrogen-bond donors (Lipinski definition) is 2. The number of nitrogens with zero attached hydrogens (tertiary/aromatic N) is 3. The van der Waals surface area contributed by atoms with Crippen molar-refractivity contribution in [2.45, 2.75) is 30.6 Å². The van der Waals surface area contributed by atoms with E-state index in [-0.39, 0.29) is 18.0 Å². The molecule has 0 amide bonds. The first-order valence-electron chi connectivity index (χ1n) is 13.0. The lowest BCUT2D eigenvalue weighted by atomic mass is 9.96. The number of aromatic carboxylic acids is 1. The molecule has 0 radical (unpaired) electrons. The third-order valence-corrected chi connectivity index (χ3v) is 8.80. The van der Waals surface area contributed by atoms with Crippen molar-refractivity contribution in [2.24, 2.45) is 17.0 Å². The van der Waals surface area contributed by atoms with Gasteiger partial charge in [-0.3, -0.25) is 0 Å². The van der Waals surface area contributed by atoms with Gasteiger partial charge in [-0.25, -0.2) is 32.4 Å². The zero-order valence-corrected chi connectivity index (χ0v) is 23.3. The minimum absolute atomic E-state index is 0.0705. The Morgan fingerprint density at radius 1 is 1.22 bits per heavy atom. The summed E-state index contributed by atoms with van der Waals surface area (Å²) in [6.07, 6.45) is 3.06. The molecule has 1 saturated heterocycles. The normalized spacial score (nSPS) is 15.3. The summed E-state index contributed by atoms with van der Waals surface area (Å²) < 4.78 is 45.2. The highest BCUT2D eigenvalue weighted by molar-refractivity contribution is 7.89. The molecule has 0 atom stereocenters. The van der Waals surface area contributed by atoms with Gasteiger partial charge in [0.05, 0.1) is 30.5 Å². The zero-order valence-electron chi connectivity index (χ0n) is 21.7. The van der Waals surface area contributed by atoms with Crippen LogP contribution in [0.25, 0.3) is 16.4 Å². The first kappa shape index (κ1) is 27.3. The molecular weight excluding hydrogens is 567 g/mol. The standard InChI is InChI=1S/C29H25FN4O5S2/c30-23-12-19(8-9-26(23)41(31,37)38)11-22-25(13-18-4-5-18)34(29-32-24(16-40-29)28(35)36)33-27(22)21-3-1-2-17(10-21)6-7-20-14-39-15-20/h1-3,8-10,12,16,18,20H,4-5,11,13-15H2,(H,35,36)(H2,31,37,38). The first-order valence-corrected chi connectivity index (χ1v) is 15.4. The summed E-state index contributed by atoms with van der Waals surface area (Å²) in [5, 5.41) is 21.4. The third kappa shape index (κ3) is 5.94. The quantitative estimate of drug-likeness (QED) is 0.295. The van der Waals surface area contributed by atoms with E-state index in [9.17, 15) is 22.7 Å². The Morgan fingerprint density at radius 3 is 2.66 bits per heavy atom. The van der Waals surface area contributed by atoms with Gasteiger partial charge in [0.2, 0.25) is 15.2 Å². The molecule has 2 aliphatic rings. The average molecular weight is 593 g/mol. The highest BCUT2D eigenvalue weighted by Gasteiger charge is 2.29. The van der Waals surface area contributed by atoms with Crippen molar-refractivity contribution in [3.05, 3.63) is 81.7 Å². The van der Waals surface area contributed by atoms with E-state index in [4.69, 9.17) is 15.0 Å². The highest BCUT2D eigenvalue weighted by Crippen LogP contribution is 2.38. The first-order chi connectivity index (χ1) is 19.7. The van der Waals surface area contributed by atoms with E-state index in [1.54, 1.807) is 10.7 Å². The Balaban J connectivity index is 1.48. The summed E-state index contributed by atoms with van der Waals surface area (Å²) in [6.45, 7) is 1.25. The van der Waals surface area contributed by atoms with Crippen molar-refractivity contribution in [3.8, 4) is 28.2 Å². The molecule has 41 heavy (non-hydrogen) atoms. The number of benzene rings is 2. The number of rotatable bonds is 8. The lowest BCUT2D eigenvalue weighted by Crippen LogP contribution is -2.25. The SMILES string of the molecule is NS(=O)(=O)c1ccc(Cc2c(-c3cccc(C#CC4COC4)c3)nn(-c3nc(C(=O)O)cs3)c2CC2CC2)cc1F. The number of ether oxygens (including phenoxy) is 1. The highest BCUT2D eigenvalue weighted by atomic mass is 32.2. The molecule has 6 rings (SSSR count). The predicted molar refractivity (Wildman–Crippen MR) is 150 cm³/mol. The number of primary sulfonamides is 1. The molecule has 12 heteroatoms. The van der Waals surface area contributed by atoms with Crippen LogP contribution in [-0.2, 0) is 27.6 Å². The van der Waals surface area contributed by atoms with E-state index in [1.807, 2.05) is 24.3 Å². The number of carboxylic acids is 1. The van der Waals surface area contributed by atoms with Crippen LogP contribution < -0.4 is 5.14 Å². The molecule has 1 aliphatic heterocycles. The molecular formula is C29H25FN4O5S2. The summed E-state index contributed by atoms with van der Waals surface area (Å²) in [5.74, 6) is 5.02. The van der Waals surface area contributed by atoms with Crippen LogP contribution in [0.5, 0.6) is 0 Å². The van der Waals surface area contributed by atoms with Gasteiger partial charge in [0.15, 0.2) is 5.69 Å². The fourth-order valence-electron chi connectivity index (χ4n) is 4.66. The molecule has 9 nitrogen and oxygen atoms in total. The monoisotopic (exact) mass is 592 g/mol. The maximum atomic E-state index is 14.8. The van der Waals surface area contributed by atoms with Gasteiger partial charge in [-0.2, -0.15) is 5.10 Å². The number of carboxylic acid groups (broad SMARTS) is 1. The van der Waals surface area contributed by atoms with Gasteiger partial charge in [0.25, 0.3) is 0 Å². The number of carbonyl (C=O) groups is 1. The summed E-state index contributed by atoms with van der Waals surface area (Å²) >= 11 is 1.18. The summed E-state index contributed by atoms with van der Waals surface area (Å²) in [6, 6.07) is 11.6. The van der Waals surface area contributed by atoms with Gasteiger partial charge in [-0.05, 0) is 55.0 Å². The molecule has 1 aliphatic carbocycles. The summed E-state index contributed by atoms with van der Waals surface area (Å²) in [7, 11) is -4.21. The van der Waals surface area contributed by atoms with Crippen LogP contribution in [0.3, 0.4) is 0 Å². The van der Waals surface area contributed by atoms with Gasteiger partial charge < -0.3 is 9.84 Å². The fraction of sp³-hybridized carbons (Fsp3) is 0.276. The maximum absolute atomic E-state index is 14.8. The second kappa shape index (κ2) is 10.8. The fourth-order valence-corrected chi connectivity index (χ4v) is 6.02. The number of hydrogen-bond acceptors (Lipinski definition) is 7. The van der Waals surface area contributed by atoms with Crippen LogP contribution >= 0.6 is 11.3 Å². The Labute approximate surface area is 239 Å². The van der Waals surface area contributed by atoms with Crippen molar-refractivity contribution in [1.82, 2.24) is 14.8 Å². The largest absolute Gasteiger partial charge is 0.476 e. The molecule has 0 unspecified atom stereocenters. The molecule has 2 aromatic carbocycles. The van der Waals surface area contributed by atoms with Gasteiger partial charge in [-0.1, -0.05) is 30.0 Å². The molecule has 2 fully saturated rings. The van der Waals surface area contributed by atoms with Crippen LogP contribution in [0, 0.1) is 29.5 Å². The van der Waals surface area contributed by atoms with Gasteiger partial charge >= 0.3 is 5.97 Å². The van der Waals surface area contributed by atoms with E-state index in [1.165, 1.54) is 28.8 Å². The Kier molecular flexibility index (Phi) is 7.21. The molecule has 3 N–H and O–H groups in total. The Hall–Kier alpha value is -3.89. The molecule has 2 aromatic heterocycles. The number of thiazole rings is 1. The van der Waals surface area contributed by atoms with E-state index in [0.29, 0.717) is 41.9 Å². The number of aromatic nitrogens is 3. The van der Waals surface area contributed by atoms with Gasteiger partial charge in [-0.15, -0.1) is 11.3 Å². The van der Waals surface area contributed by atoms with Crippen molar-refractivity contribution in [3.63, 3.8) is 0 Å². The van der Waals surface area contributed by atoms with Crippen molar-refractivity contribution in [2.75, 3.05) is 13.2 Å². The molecule has 4 aromatic rings. The van der Waals surface area contributed by atoms with Gasteiger partial charge in [0.1, 0.15) is 10.7 Å². The predicted octanol–water partition coefficient (Wildman–Crippen LogP) is 4.02. The second-order valence-corrected chi connectivity index (χ2v) is 12.6. The lowest BCUT2D eigenvalue weighted by Gasteiger charge is -2.19. The summed E-state index contributed by atoms with van der Waals surface area (Å²) in [4.78, 5) is 15.3. The molecule has 0 spiro atoms. The minimum atomic E-state index is -4.21. The van der Waals surface area contributed by atoms with Crippen molar-refractivity contribution in [1.29, 1.82) is 0 Å². The Bertz CT molecular complexity index is 1830. The molecule has 0 bridgehead atoms. The molecule has 1 saturated carbocycles. The van der Waals surface area contributed by atoms with Crippen molar-refractivity contribution >= 4 is 27.3 Å². The van der Waals surface area contributed by atoms with Crippen LogP contribution in [0.15, 0.2) is 52.7 Å². The molecule has 3 heterocycles. The number of halogens is 1. The number of sulfonamides is 1. The summed E-state index contributed by atoms with van der Waals surface area (Å²) in [5.41, 5.74) is 4.39. The lowest BCUT2D eigenvalue weighted by molar-refractivity contribution is -0.00300. The van der Waals surface area contributed by atoms with Crippen LogP contribution in [0.4, 0.5) is 4.39 Å². The maximum Gasteiger partial charge on any atom is 0.355 e. The molecule has 210 valence electrons. The zero-order chi connectivity index (χ0) is 28.7. The van der Waals surface area contributed by atoms with Crippen molar-refractivity contribution < 1.29 is 27.4 Å².